The van der Waals surface area contributed by atoms with Crippen molar-refractivity contribution in [1.82, 2.24) is 5.32 Å². The molecular formula is C24H24N2O4. The number of anilines is 1. The number of nitrogens with one attached hydrogen (secondary N) is 2. The highest BCUT2D eigenvalue weighted by atomic mass is 16.6. The first-order valence-electron chi connectivity index (χ1n) is 9.84. The minimum absolute atomic E-state index is 0.150. The average molecular weight is 404 g/mol. The lowest BCUT2D eigenvalue weighted by molar-refractivity contribution is -0.118. The van der Waals surface area contributed by atoms with E-state index < -0.39 is 6.04 Å². The summed E-state index contributed by atoms with van der Waals surface area (Å²) in [6.07, 6.45) is -0.195. The molecule has 0 unspecified atom stereocenters. The summed E-state index contributed by atoms with van der Waals surface area (Å²) in [5.74, 6) is 2.05. The van der Waals surface area contributed by atoms with Gasteiger partial charge in [-0.05, 0) is 42.0 Å². The van der Waals surface area contributed by atoms with Crippen LogP contribution >= 0.6 is 0 Å². The van der Waals surface area contributed by atoms with E-state index in [1.54, 1.807) is 7.11 Å². The molecule has 2 N–H and O–H groups in total. The van der Waals surface area contributed by atoms with Crippen LogP contribution in [0.15, 0.2) is 78.9 Å². The van der Waals surface area contributed by atoms with Crippen molar-refractivity contribution in [3.8, 4) is 17.2 Å². The standard InChI is InChI=1S/C24H24N2O4/c1-28-19-13-11-18(12-14-19)26-24(27)23(17-7-3-2-4-8-17)25-15-20-16-29-21-9-5-6-10-22(21)30-20/h2-14,20,23,25H,15-16H2,1H3,(H,26,27)/t20-,23-/m1/s1. The molecule has 1 aliphatic rings. The van der Waals surface area contributed by atoms with Crippen molar-refractivity contribution in [3.63, 3.8) is 0 Å². The van der Waals surface area contributed by atoms with Crippen LogP contribution in [0, 0.1) is 0 Å². The number of carbonyl (C=O) groups excluding carboxylic acids is 1. The lowest BCUT2D eigenvalue weighted by atomic mass is 10.1. The van der Waals surface area contributed by atoms with Gasteiger partial charge in [-0.15, -0.1) is 0 Å². The Labute approximate surface area is 175 Å². The Morgan fingerprint density at radius 2 is 1.70 bits per heavy atom. The van der Waals surface area contributed by atoms with Gasteiger partial charge in [-0.2, -0.15) is 0 Å². The minimum atomic E-state index is -0.533. The molecule has 0 aliphatic carbocycles. The molecule has 0 fully saturated rings. The highest BCUT2D eigenvalue weighted by molar-refractivity contribution is 5.95. The second kappa shape index (κ2) is 9.33. The first kappa shape index (κ1) is 19.8. The second-order valence-corrected chi connectivity index (χ2v) is 6.97. The Bertz CT molecular complexity index is 976. The molecule has 0 aromatic heterocycles. The maximum absolute atomic E-state index is 13.1. The Morgan fingerprint density at radius 1 is 1.00 bits per heavy atom. The SMILES string of the molecule is COc1ccc(NC(=O)[C@H](NC[C@@H]2COc3ccccc3O2)c2ccccc2)cc1. The third-order valence-electron chi connectivity index (χ3n) is 4.87. The van der Waals surface area contributed by atoms with Gasteiger partial charge in [0.05, 0.1) is 7.11 Å². The summed E-state index contributed by atoms with van der Waals surface area (Å²) in [5.41, 5.74) is 1.58. The number of carbonyl (C=O) groups is 1. The summed E-state index contributed by atoms with van der Waals surface area (Å²) < 4.78 is 17.0. The van der Waals surface area contributed by atoms with Crippen LogP contribution in [-0.2, 0) is 4.79 Å². The van der Waals surface area contributed by atoms with Crippen LogP contribution in [0.25, 0.3) is 0 Å². The van der Waals surface area contributed by atoms with Gasteiger partial charge in [0.15, 0.2) is 11.5 Å². The van der Waals surface area contributed by atoms with E-state index in [2.05, 4.69) is 10.6 Å². The smallest absolute Gasteiger partial charge is 0.246 e. The number of amides is 1. The fourth-order valence-electron chi connectivity index (χ4n) is 3.31. The predicted molar refractivity (Wildman–Crippen MR) is 115 cm³/mol. The van der Waals surface area contributed by atoms with Gasteiger partial charge in [-0.1, -0.05) is 42.5 Å². The molecular weight excluding hydrogens is 380 g/mol. The van der Waals surface area contributed by atoms with Crippen molar-refractivity contribution in [2.45, 2.75) is 12.1 Å². The Hall–Kier alpha value is -3.51. The maximum atomic E-state index is 13.1. The highest BCUT2D eigenvalue weighted by Gasteiger charge is 2.25. The monoisotopic (exact) mass is 404 g/mol. The molecule has 0 radical (unpaired) electrons. The Morgan fingerprint density at radius 3 is 2.43 bits per heavy atom. The summed E-state index contributed by atoms with van der Waals surface area (Å²) in [7, 11) is 1.61. The fraction of sp³-hybridized carbons (Fsp3) is 0.208. The molecule has 3 aromatic rings. The van der Waals surface area contributed by atoms with E-state index in [0.717, 1.165) is 22.8 Å². The summed E-state index contributed by atoms with van der Waals surface area (Å²) >= 11 is 0. The van der Waals surface area contributed by atoms with Crippen molar-refractivity contribution in [3.05, 3.63) is 84.4 Å². The maximum Gasteiger partial charge on any atom is 0.246 e. The number of fused-ring (bicyclic) bond motifs is 1. The molecule has 1 amide bonds. The molecule has 0 bridgehead atoms. The number of para-hydroxylation sites is 2. The average Bonchev–Trinajstić information content (AvgIpc) is 2.80. The second-order valence-electron chi connectivity index (χ2n) is 6.97. The van der Waals surface area contributed by atoms with E-state index in [9.17, 15) is 4.79 Å². The molecule has 6 heteroatoms. The van der Waals surface area contributed by atoms with Crippen molar-refractivity contribution < 1.29 is 19.0 Å². The Balaban J connectivity index is 1.44. The molecule has 3 aromatic carbocycles. The zero-order valence-electron chi connectivity index (χ0n) is 16.7. The molecule has 6 nitrogen and oxygen atoms in total. The third kappa shape index (κ3) is 4.72. The molecule has 30 heavy (non-hydrogen) atoms. The van der Waals surface area contributed by atoms with Gasteiger partial charge < -0.3 is 19.5 Å². The van der Waals surface area contributed by atoms with Crippen molar-refractivity contribution >= 4 is 11.6 Å². The first-order valence-corrected chi connectivity index (χ1v) is 9.84. The van der Waals surface area contributed by atoms with E-state index in [0.29, 0.717) is 18.8 Å². The van der Waals surface area contributed by atoms with Crippen molar-refractivity contribution in [1.29, 1.82) is 0 Å². The Kier molecular flexibility index (Phi) is 6.15. The summed E-state index contributed by atoms with van der Waals surface area (Å²) in [6, 6.07) is 23.9. The predicted octanol–water partition coefficient (Wildman–Crippen LogP) is 3.80. The first-order chi connectivity index (χ1) is 14.7. The molecule has 0 saturated carbocycles. The van der Waals surface area contributed by atoms with Gasteiger partial charge in [0.25, 0.3) is 0 Å². The van der Waals surface area contributed by atoms with Crippen LogP contribution in [0.3, 0.4) is 0 Å². The molecule has 4 rings (SSSR count). The zero-order chi connectivity index (χ0) is 20.8. The van der Waals surface area contributed by atoms with Crippen LogP contribution in [-0.4, -0.2) is 32.3 Å². The van der Waals surface area contributed by atoms with Gasteiger partial charge in [0, 0.05) is 12.2 Å². The number of benzene rings is 3. The van der Waals surface area contributed by atoms with Crippen molar-refractivity contribution in [2.24, 2.45) is 0 Å². The van der Waals surface area contributed by atoms with E-state index in [1.165, 1.54) is 0 Å². The summed E-state index contributed by atoms with van der Waals surface area (Å²) in [6.45, 7) is 0.884. The van der Waals surface area contributed by atoms with Crippen LogP contribution in [0.2, 0.25) is 0 Å². The van der Waals surface area contributed by atoms with Crippen molar-refractivity contribution in [2.75, 3.05) is 25.6 Å². The summed E-state index contributed by atoms with van der Waals surface area (Å²) in [5, 5.41) is 6.30. The topological polar surface area (TPSA) is 68.8 Å². The molecule has 1 aliphatic heterocycles. The molecule has 154 valence electrons. The van der Waals surface area contributed by atoms with E-state index in [4.69, 9.17) is 14.2 Å². The van der Waals surface area contributed by atoms with Crippen LogP contribution in [0.1, 0.15) is 11.6 Å². The number of hydrogen-bond acceptors (Lipinski definition) is 5. The highest BCUT2D eigenvalue weighted by Crippen LogP contribution is 2.31. The van der Waals surface area contributed by atoms with Crippen LogP contribution < -0.4 is 24.8 Å². The van der Waals surface area contributed by atoms with Crippen LogP contribution in [0.4, 0.5) is 5.69 Å². The van der Waals surface area contributed by atoms with E-state index in [1.807, 2.05) is 78.9 Å². The van der Waals surface area contributed by atoms with Gasteiger partial charge >= 0.3 is 0 Å². The summed E-state index contributed by atoms with van der Waals surface area (Å²) in [4.78, 5) is 13.1. The quantitative estimate of drug-likeness (QED) is 0.627. The van der Waals surface area contributed by atoms with Gasteiger partial charge in [-0.3, -0.25) is 10.1 Å². The van der Waals surface area contributed by atoms with Gasteiger partial charge in [0.1, 0.15) is 24.5 Å². The minimum Gasteiger partial charge on any atom is -0.497 e. The number of ether oxygens (including phenoxy) is 3. The molecule has 0 saturated heterocycles. The number of methoxy groups -OCH3 is 1. The van der Waals surface area contributed by atoms with Crippen LogP contribution in [0.5, 0.6) is 17.2 Å². The van der Waals surface area contributed by atoms with E-state index >= 15 is 0 Å². The van der Waals surface area contributed by atoms with Gasteiger partial charge in [-0.25, -0.2) is 0 Å². The van der Waals surface area contributed by atoms with E-state index in [-0.39, 0.29) is 12.0 Å². The molecule has 1 heterocycles. The third-order valence-corrected chi connectivity index (χ3v) is 4.87. The largest absolute Gasteiger partial charge is 0.497 e. The van der Waals surface area contributed by atoms with Gasteiger partial charge in [0.2, 0.25) is 5.91 Å². The lowest BCUT2D eigenvalue weighted by Gasteiger charge is -2.28. The normalized spacial score (nSPS) is 15.8. The number of hydrogen-bond donors (Lipinski definition) is 2. The zero-order valence-corrected chi connectivity index (χ0v) is 16.7. The number of rotatable bonds is 7. The molecule has 0 spiro atoms. The lowest BCUT2D eigenvalue weighted by Crippen LogP contribution is -2.42. The molecule has 2 atom stereocenters. The fourth-order valence-corrected chi connectivity index (χ4v) is 3.31.